The fourth-order valence-electron chi connectivity index (χ4n) is 2.51. The largest absolute Gasteiger partial charge is 0.312 e. The van der Waals surface area contributed by atoms with E-state index in [0.717, 1.165) is 11.8 Å². The zero-order chi connectivity index (χ0) is 12.3. The molecule has 1 aliphatic carbocycles. The average Bonchev–Trinajstić information content (AvgIpc) is 2.67. The smallest absolute Gasteiger partial charge is 0.00966 e. The lowest BCUT2D eigenvalue weighted by atomic mass is 9.71. The van der Waals surface area contributed by atoms with Crippen LogP contribution in [0, 0.1) is 11.8 Å². The van der Waals surface area contributed by atoms with Crippen LogP contribution in [0.4, 0.5) is 0 Å². The van der Waals surface area contributed by atoms with Crippen LogP contribution < -0.4 is 5.32 Å². The van der Waals surface area contributed by atoms with E-state index in [0.29, 0.717) is 0 Å². The monoisotopic (exact) mass is 251 g/mol. The van der Waals surface area contributed by atoms with Crippen LogP contribution in [0.5, 0.6) is 0 Å². The Bertz CT molecular complexity index is 323. The lowest BCUT2D eigenvalue weighted by Gasteiger charge is -2.39. The van der Waals surface area contributed by atoms with Crippen LogP contribution in [0.2, 0.25) is 0 Å². The highest BCUT2D eigenvalue weighted by Crippen LogP contribution is 2.37. The molecule has 0 saturated heterocycles. The van der Waals surface area contributed by atoms with Crippen molar-refractivity contribution in [3.8, 4) is 0 Å². The molecule has 96 valence electrons. The van der Waals surface area contributed by atoms with Gasteiger partial charge in [0.15, 0.2) is 0 Å². The summed E-state index contributed by atoms with van der Waals surface area (Å²) in [5.74, 6) is 1.89. The molecule has 1 aliphatic rings. The van der Waals surface area contributed by atoms with Gasteiger partial charge in [-0.1, -0.05) is 0 Å². The molecule has 0 amide bonds. The maximum atomic E-state index is 3.65. The first-order chi connectivity index (χ1) is 8.04. The first kappa shape index (κ1) is 13.1. The summed E-state index contributed by atoms with van der Waals surface area (Å²) < 4.78 is 0. The Labute approximate surface area is 110 Å². The van der Waals surface area contributed by atoms with Gasteiger partial charge in [-0.3, -0.25) is 0 Å². The van der Waals surface area contributed by atoms with Crippen molar-refractivity contribution in [2.24, 2.45) is 11.8 Å². The average molecular weight is 251 g/mol. The zero-order valence-electron chi connectivity index (χ0n) is 11.3. The third-order valence-electron chi connectivity index (χ3n) is 3.85. The molecule has 1 saturated carbocycles. The molecule has 2 heteroatoms. The summed E-state index contributed by atoms with van der Waals surface area (Å²) in [7, 11) is 0. The second-order valence-corrected chi connectivity index (χ2v) is 7.18. The first-order valence-electron chi connectivity index (χ1n) is 6.81. The summed E-state index contributed by atoms with van der Waals surface area (Å²) in [6.45, 7) is 7.97. The van der Waals surface area contributed by atoms with Crippen molar-refractivity contribution in [1.29, 1.82) is 0 Å². The number of thiophene rings is 1. The van der Waals surface area contributed by atoms with Crippen molar-refractivity contribution < 1.29 is 0 Å². The number of rotatable bonds is 5. The quantitative estimate of drug-likeness (QED) is 0.831. The zero-order valence-corrected chi connectivity index (χ0v) is 12.1. The standard InChI is InChI=1S/C15H25NS/c1-15(2,3)16-10-14-7-6-13(14)5-4-12-8-9-17-11-12/h8-9,11,13-14,16H,4-7,10H2,1-3H3. The second kappa shape index (κ2) is 5.53. The van der Waals surface area contributed by atoms with Crippen molar-refractivity contribution in [1.82, 2.24) is 5.32 Å². The molecule has 2 rings (SSSR count). The van der Waals surface area contributed by atoms with E-state index < -0.39 is 0 Å². The molecule has 2 atom stereocenters. The minimum atomic E-state index is 0.271. The van der Waals surface area contributed by atoms with E-state index >= 15 is 0 Å². The second-order valence-electron chi connectivity index (χ2n) is 6.40. The van der Waals surface area contributed by atoms with Gasteiger partial charge in [-0.15, -0.1) is 0 Å². The minimum absolute atomic E-state index is 0.271. The molecule has 1 nitrogen and oxygen atoms in total. The van der Waals surface area contributed by atoms with Crippen LogP contribution >= 0.6 is 11.3 Å². The number of hydrogen-bond acceptors (Lipinski definition) is 2. The topological polar surface area (TPSA) is 12.0 Å². The molecule has 0 radical (unpaired) electrons. The summed E-state index contributed by atoms with van der Waals surface area (Å²) in [5.41, 5.74) is 1.80. The van der Waals surface area contributed by atoms with E-state index in [9.17, 15) is 0 Å². The molecule has 0 spiro atoms. The van der Waals surface area contributed by atoms with Gasteiger partial charge in [0.2, 0.25) is 0 Å². The van der Waals surface area contributed by atoms with Crippen molar-refractivity contribution in [3.63, 3.8) is 0 Å². The Hall–Kier alpha value is -0.340. The molecule has 0 bridgehead atoms. The van der Waals surface area contributed by atoms with Gasteiger partial charge < -0.3 is 5.32 Å². The normalized spacial score (nSPS) is 24.6. The SMILES string of the molecule is CC(C)(C)NCC1CCC1CCc1ccsc1. The third kappa shape index (κ3) is 4.11. The van der Waals surface area contributed by atoms with Crippen LogP contribution in [0.1, 0.15) is 45.6 Å². The molecule has 1 aromatic heterocycles. The summed E-state index contributed by atoms with van der Waals surface area (Å²) >= 11 is 1.82. The van der Waals surface area contributed by atoms with Crippen molar-refractivity contribution in [3.05, 3.63) is 22.4 Å². The number of aryl methyl sites for hydroxylation is 1. The van der Waals surface area contributed by atoms with Gasteiger partial charge in [0.1, 0.15) is 0 Å². The maximum Gasteiger partial charge on any atom is 0.00966 e. The molecule has 1 N–H and O–H groups in total. The Kier molecular flexibility index (Phi) is 4.26. The van der Waals surface area contributed by atoms with Crippen LogP contribution in [-0.4, -0.2) is 12.1 Å². The van der Waals surface area contributed by atoms with E-state index in [-0.39, 0.29) is 5.54 Å². The van der Waals surface area contributed by atoms with E-state index in [1.165, 1.54) is 37.8 Å². The van der Waals surface area contributed by atoms with Crippen LogP contribution in [0.25, 0.3) is 0 Å². The molecule has 0 aliphatic heterocycles. The van der Waals surface area contributed by atoms with Crippen molar-refractivity contribution in [2.75, 3.05) is 6.54 Å². The summed E-state index contributed by atoms with van der Waals surface area (Å²) in [4.78, 5) is 0. The van der Waals surface area contributed by atoms with Gasteiger partial charge in [-0.05, 0) is 87.2 Å². The number of nitrogens with one attached hydrogen (secondary N) is 1. The summed E-state index contributed by atoms with van der Waals surface area (Å²) in [5, 5.41) is 8.13. The summed E-state index contributed by atoms with van der Waals surface area (Å²) in [6, 6.07) is 2.27. The molecule has 2 unspecified atom stereocenters. The van der Waals surface area contributed by atoms with Crippen LogP contribution in [0.3, 0.4) is 0 Å². The molecule has 0 aromatic carbocycles. The predicted molar refractivity (Wildman–Crippen MR) is 76.6 cm³/mol. The fraction of sp³-hybridized carbons (Fsp3) is 0.733. The van der Waals surface area contributed by atoms with E-state index in [2.05, 4.69) is 42.9 Å². The third-order valence-corrected chi connectivity index (χ3v) is 4.59. The highest BCUT2D eigenvalue weighted by atomic mass is 32.1. The van der Waals surface area contributed by atoms with Crippen molar-refractivity contribution >= 4 is 11.3 Å². The van der Waals surface area contributed by atoms with Crippen molar-refractivity contribution in [2.45, 2.75) is 52.0 Å². The van der Waals surface area contributed by atoms with Crippen LogP contribution in [0.15, 0.2) is 16.8 Å². The summed E-state index contributed by atoms with van der Waals surface area (Å²) in [6.07, 6.45) is 5.53. The van der Waals surface area contributed by atoms with Gasteiger partial charge in [-0.25, -0.2) is 0 Å². The Morgan fingerprint density at radius 1 is 1.29 bits per heavy atom. The number of hydrogen-bond donors (Lipinski definition) is 1. The Balaban J connectivity index is 1.68. The lowest BCUT2D eigenvalue weighted by molar-refractivity contribution is 0.150. The van der Waals surface area contributed by atoms with Crippen LogP contribution in [-0.2, 0) is 6.42 Å². The highest BCUT2D eigenvalue weighted by Gasteiger charge is 2.30. The highest BCUT2D eigenvalue weighted by molar-refractivity contribution is 7.07. The molecule has 1 heterocycles. The maximum absolute atomic E-state index is 3.65. The Morgan fingerprint density at radius 2 is 2.06 bits per heavy atom. The van der Waals surface area contributed by atoms with E-state index in [1.54, 1.807) is 0 Å². The molecule has 17 heavy (non-hydrogen) atoms. The molecule has 1 aromatic rings. The molecular formula is C15H25NS. The van der Waals surface area contributed by atoms with Gasteiger partial charge in [0.25, 0.3) is 0 Å². The van der Waals surface area contributed by atoms with E-state index in [4.69, 9.17) is 0 Å². The lowest BCUT2D eigenvalue weighted by Crippen LogP contribution is -2.43. The van der Waals surface area contributed by atoms with Gasteiger partial charge in [0.05, 0.1) is 0 Å². The van der Waals surface area contributed by atoms with Gasteiger partial charge in [-0.2, -0.15) is 11.3 Å². The first-order valence-corrected chi connectivity index (χ1v) is 7.75. The Morgan fingerprint density at radius 3 is 2.59 bits per heavy atom. The van der Waals surface area contributed by atoms with Gasteiger partial charge in [0, 0.05) is 5.54 Å². The van der Waals surface area contributed by atoms with Gasteiger partial charge >= 0.3 is 0 Å². The minimum Gasteiger partial charge on any atom is -0.312 e. The fourth-order valence-corrected chi connectivity index (χ4v) is 3.21. The van der Waals surface area contributed by atoms with E-state index in [1.807, 2.05) is 11.3 Å². The predicted octanol–water partition coefficient (Wildman–Crippen LogP) is 4.10. The molecule has 1 fully saturated rings. The molecular weight excluding hydrogens is 226 g/mol.